The summed E-state index contributed by atoms with van der Waals surface area (Å²) in [6, 6.07) is -4.40. The number of aliphatic hydroxyl groups is 1. The lowest BCUT2D eigenvalue weighted by atomic mass is 9.97. The van der Waals surface area contributed by atoms with Crippen LogP contribution in [0.4, 0.5) is 0 Å². The molecule has 0 aromatic heterocycles. The van der Waals surface area contributed by atoms with Gasteiger partial charge in [0.25, 0.3) is 0 Å². The third-order valence-electron chi connectivity index (χ3n) is 5.21. The van der Waals surface area contributed by atoms with E-state index in [2.05, 4.69) is 28.6 Å². The van der Waals surface area contributed by atoms with Crippen molar-refractivity contribution in [3.8, 4) is 0 Å². The minimum atomic E-state index is -1.52. The second kappa shape index (κ2) is 13.5. The third-order valence-corrected chi connectivity index (χ3v) is 5.58. The van der Waals surface area contributed by atoms with Gasteiger partial charge >= 0.3 is 5.97 Å². The van der Waals surface area contributed by atoms with E-state index in [1.54, 1.807) is 6.92 Å². The van der Waals surface area contributed by atoms with E-state index in [0.717, 1.165) is 0 Å². The Morgan fingerprint density at radius 2 is 1.37 bits per heavy atom. The van der Waals surface area contributed by atoms with E-state index in [1.807, 2.05) is 20.8 Å². The molecule has 0 aliphatic rings. The lowest BCUT2D eigenvalue weighted by Crippen LogP contribution is -2.60. The van der Waals surface area contributed by atoms with Crippen LogP contribution in [0.2, 0.25) is 0 Å². The van der Waals surface area contributed by atoms with E-state index in [9.17, 15) is 24.3 Å². The number of nitrogens with one attached hydrogen (secondary N) is 3. The quantitative estimate of drug-likeness (QED) is 0.182. The van der Waals surface area contributed by atoms with Gasteiger partial charge in [0.05, 0.1) is 12.1 Å². The summed E-state index contributed by atoms with van der Waals surface area (Å²) in [5, 5.41) is 26.1. The molecule has 0 saturated heterocycles. The number of amides is 3. The largest absolute Gasteiger partial charge is 0.480 e. The van der Waals surface area contributed by atoms with Crippen LogP contribution in [0.5, 0.6) is 0 Å². The summed E-state index contributed by atoms with van der Waals surface area (Å²) in [5.74, 6) is -3.72. The van der Waals surface area contributed by atoms with Crippen molar-refractivity contribution >= 4 is 36.3 Å². The maximum absolute atomic E-state index is 12.7. The summed E-state index contributed by atoms with van der Waals surface area (Å²) in [5.41, 5.74) is 5.89. The summed E-state index contributed by atoms with van der Waals surface area (Å²) in [4.78, 5) is 48.9. The molecule has 0 saturated carbocycles. The molecule has 7 N–H and O–H groups in total. The maximum Gasteiger partial charge on any atom is 0.328 e. The number of hydrogen-bond donors (Lipinski definition) is 7. The predicted octanol–water partition coefficient (Wildman–Crippen LogP) is -0.744. The van der Waals surface area contributed by atoms with Crippen LogP contribution in [0.25, 0.3) is 0 Å². The highest BCUT2D eigenvalue weighted by Crippen LogP contribution is 2.10. The van der Waals surface area contributed by atoms with Crippen molar-refractivity contribution in [1.82, 2.24) is 16.0 Å². The van der Waals surface area contributed by atoms with Gasteiger partial charge in [0.1, 0.15) is 12.1 Å². The Labute approximate surface area is 183 Å². The highest BCUT2D eigenvalue weighted by Gasteiger charge is 2.34. The first kappa shape index (κ1) is 28.1. The normalized spacial score (nSPS) is 18.1. The topological polar surface area (TPSA) is 171 Å². The average Bonchev–Trinajstić information content (AvgIpc) is 2.70. The lowest BCUT2D eigenvalue weighted by molar-refractivity contribution is -0.145. The molecule has 0 aromatic carbocycles. The van der Waals surface area contributed by atoms with Gasteiger partial charge in [-0.05, 0) is 18.8 Å². The van der Waals surface area contributed by atoms with E-state index in [-0.39, 0.29) is 17.6 Å². The van der Waals surface area contributed by atoms with Gasteiger partial charge in [-0.1, -0.05) is 40.5 Å². The van der Waals surface area contributed by atoms with Crippen LogP contribution in [-0.2, 0) is 19.2 Å². The van der Waals surface area contributed by atoms with E-state index < -0.39 is 54.0 Å². The molecule has 7 unspecified atom stereocenters. The van der Waals surface area contributed by atoms with E-state index in [0.29, 0.717) is 12.8 Å². The van der Waals surface area contributed by atoms with Gasteiger partial charge in [-0.25, -0.2) is 4.79 Å². The van der Waals surface area contributed by atoms with Crippen molar-refractivity contribution in [3.63, 3.8) is 0 Å². The van der Waals surface area contributed by atoms with Crippen LogP contribution >= 0.6 is 12.6 Å². The fraction of sp³-hybridized carbons (Fsp3) is 0.789. The van der Waals surface area contributed by atoms with Gasteiger partial charge in [-0.2, -0.15) is 12.6 Å². The molecule has 0 radical (unpaired) electrons. The second-order valence-corrected chi connectivity index (χ2v) is 7.96. The van der Waals surface area contributed by atoms with Gasteiger partial charge in [-0.15, -0.1) is 0 Å². The predicted molar refractivity (Wildman–Crippen MR) is 116 cm³/mol. The molecule has 0 aliphatic heterocycles. The van der Waals surface area contributed by atoms with Crippen molar-refractivity contribution in [3.05, 3.63) is 0 Å². The summed E-state index contributed by atoms with van der Waals surface area (Å²) >= 11 is 4.10. The Hall–Kier alpha value is -1.85. The van der Waals surface area contributed by atoms with Crippen molar-refractivity contribution in [2.45, 2.75) is 77.7 Å². The number of hydrogen-bond acceptors (Lipinski definition) is 7. The number of aliphatic carboxylic acids is 1. The van der Waals surface area contributed by atoms with E-state index in [4.69, 9.17) is 10.8 Å². The third kappa shape index (κ3) is 8.49. The Bertz CT molecular complexity index is 604. The highest BCUT2D eigenvalue weighted by atomic mass is 32.1. The molecule has 174 valence electrons. The molecule has 30 heavy (non-hydrogen) atoms. The van der Waals surface area contributed by atoms with Crippen LogP contribution in [0.1, 0.15) is 47.5 Å². The Kier molecular flexibility index (Phi) is 12.6. The Morgan fingerprint density at radius 1 is 0.867 bits per heavy atom. The molecule has 7 atom stereocenters. The molecular weight excluding hydrogens is 412 g/mol. The van der Waals surface area contributed by atoms with Crippen LogP contribution in [0.15, 0.2) is 0 Å². The Balaban J connectivity index is 5.34. The Morgan fingerprint density at radius 3 is 1.77 bits per heavy atom. The van der Waals surface area contributed by atoms with Gasteiger partial charge in [0, 0.05) is 5.75 Å². The summed E-state index contributed by atoms with van der Waals surface area (Å²) in [7, 11) is 0. The maximum atomic E-state index is 12.7. The number of aliphatic hydroxyl groups excluding tert-OH is 1. The molecule has 0 bridgehead atoms. The number of thiol groups is 1. The molecule has 0 spiro atoms. The summed E-state index contributed by atoms with van der Waals surface area (Å²) in [6.07, 6.45) is -0.121. The smallest absolute Gasteiger partial charge is 0.328 e. The van der Waals surface area contributed by atoms with Crippen molar-refractivity contribution in [2.24, 2.45) is 17.6 Å². The van der Waals surface area contributed by atoms with E-state index in [1.165, 1.54) is 6.92 Å². The number of carbonyl (C=O) groups excluding carboxylic acids is 3. The lowest BCUT2D eigenvalue weighted by Gasteiger charge is -2.28. The molecule has 10 nitrogen and oxygen atoms in total. The summed E-state index contributed by atoms with van der Waals surface area (Å²) in [6.45, 7) is 8.49. The van der Waals surface area contributed by atoms with Gasteiger partial charge in [-0.3, -0.25) is 14.4 Å². The summed E-state index contributed by atoms with van der Waals surface area (Å²) < 4.78 is 0. The first-order chi connectivity index (χ1) is 13.9. The van der Waals surface area contributed by atoms with E-state index >= 15 is 0 Å². The van der Waals surface area contributed by atoms with Crippen LogP contribution in [0.3, 0.4) is 0 Å². The van der Waals surface area contributed by atoms with Crippen molar-refractivity contribution < 1.29 is 29.4 Å². The molecule has 0 rings (SSSR count). The van der Waals surface area contributed by atoms with Gasteiger partial charge in [0.2, 0.25) is 17.7 Å². The average molecular weight is 449 g/mol. The molecule has 0 aliphatic carbocycles. The SMILES string of the molecule is CCC(C)C(N)C(=O)NC(CS)C(=O)NC(C(=O)NC(C(=O)O)C(C)O)C(C)CC. The van der Waals surface area contributed by atoms with Crippen LogP contribution in [0, 0.1) is 11.8 Å². The first-order valence-corrected chi connectivity index (χ1v) is 10.7. The molecule has 0 aromatic rings. The molecule has 0 fully saturated rings. The highest BCUT2D eigenvalue weighted by molar-refractivity contribution is 7.80. The molecule has 11 heteroatoms. The fourth-order valence-electron chi connectivity index (χ4n) is 2.56. The van der Waals surface area contributed by atoms with Crippen molar-refractivity contribution in [2.75, 3.05) is 5.75 Å². The monoisotopic (exact) mass is 448 g/mol. The minimum Gasteiger partial charge on any atom is -0.480 e. The number of carbonyl (C=O) groups is 4. The number of rotatable bonds is 13. The second-order valence-electron chi connectivity index (χ2n) is 7.59. The van der Waals surface area contributed by atoms with Crippen molar-refractivity contribution in [1.29, 1.82) is 0 Å². The molecule has 3 amide bonds. The number of nitrogens with two attached hydrogens (primary N) is 1. The van der Waals surface area contributed by atoms with Gasteiger partial charge < -0.3 is 31.9 Å². The minimum absolute atomic E-state index is 0.0227. The fourth-order valence-corrected chi connectivity index (χ4v) is 2.82. The number of carboxylic acids is 1. The zero-order valence-electron chi connectivity index (χ0n) is 18.2. The molecular formula is C19H36N4O6S. The first-order valence-electron chi connectivity index (χ1n) is 10.1. The zero-order chi connectivity index (χ0) is 23.6. The van der Waals surface area contributed by atoms with Gasteiger partial charge in [0.15, 0.2) is 6.04 Å². The standard InChI is InChI=1S/C19H36N4O6S/c1-6-9(3)13(20)17(26)21-12(8-30)16(25)22-14(10(4)7-2)18(27)23-15(11(5)24)19(28)29/h9-15,24,30H,6-8,20H2,1-5H3,(H,21,26)(H,22,25)(H,23,27)(H,28,29). The van der Waals surface area contributed by atoms with Crippen LogP contribution in [-0.4, -0.2) is 69.9 Å². The number of carboxylic acid groups (broad SMARTS) is 1. The zero-order valence-corrected chi connectivity index (χ0v) is 19.1. The molecule has 0 heterocycles. The van der Waals surface area contributed by atoms with Crippen LogP contribution < -0.4 is 21.7 Å².